The third-order valence-electron chi connectivity index (χ3n) is 11.6. The van der Waals surface area contributed by atoms with Crippen LogP contribution in [-0.2, 0) is 27.3 Å². The fourth-order valence-corrected chi connectivity index (χ4v) is 8.69. The molecule has 3 aromatic carbocycles. The Morgan fingerprint density at radius 1 is 0.719 bits per heavy atom. The van der Waals surface area contributed by atoms with Gasteiger partial charge in [-0.1, -0.05) is 6.07 Å². The molecule has 14 heteroatoms. The first-order chi connectivity index (χ1) is 27.7. The van der Waals surface area contributed by atoms with Crippen molar-refractivity contribution in [2.24, 2.45) is 0 Å². The van der Waals surface area contributed by atoms with E-state index in [0.29, 0.717) is 88.2 Å². The second-order valence-corrected chi connectivity index (χ2v) is 15.1. The third-order valence-corrected chi connectivity index (χ3v) is 11.6. The molecule has 5 aromatic rings. The van der Waals surface area contributed by atoms with Crippen LogP contribution in [0.4, 0.5) is 0 Å². The minimum Gasteiger partial charge on any atom is -0.493 e. The molecule has 0 amide bonds. The quantitative estimate of drug-likeness (QED) is 0.105. The van der Waals surface area contributed by atoms with Gasteiger partial charge in [0, 0.05) is 34.5 Å². The number of methoxy groups -OCH3 is 2. The highest BCUT2D eigenvalue weighted by Crippen LogP contribution is 2.50. The van der Waals surface area contributed by atoms with Gasteiger partial charge in [0.25, 0.3) is 0 Å². The topological polar surface area (TPSA) is 169 Å². The van der Waals surface area contributed by atoms with Crippen LogP contribution in [-0.4, -0.2) is 74.5 Å². The van der Waals surface area contributed by atoms with Gasteiger partial charge < -0.3 is 48.6 Å². The van der Waals surface area contributed by atoms with Gasteiger partial charge in [-0.15, -0.1) is 0 Å². The molecule has 0 radical (unpaired) electrons. The average molecular weight is 777 g/mol. The van der Waals surface area contributed by atoms with E-state index in [2.05, 4.69) is 16.0 Å². The third kappa shape index (κ3) is 6.60. The van der Waals surface area contributed by atoms with Gasteiger partial charge in [0.05, 0.1) is 19.9 Å². The lowest BCUT2D eigenvalue weighted by Gasteiger charge is -2.23. The van der Waals surface area contributed by atoms with Gasteiger partial charge in [-0.25, -0.2) is 19.2 Å². The molecular weight excluding hydrogens is 732 g/mol. The zero-order valence-corrected chi connectivity index (χ0v) is 32.1. The number of carbonyl (C=O) groups is 3. The number of hydrogen-bond acceptors (Lipinski definition) is 13. The molecule has 6 heterocycles. The SMILES string of the molecule is COc1cc(-c2c3n(c4c(=O)oc5cc(OC(=O)[C@@H]6CCCN6)c(C)cc5c24)CCc2cc(OC(=O)[C@@H]4CCCN4)c(OC)cc2-3)ccc1OC(=O)[C@@H]1CCCN1. The molecule has 9 rings (SSSR count). The van der Waals surface area contributed by atoms with E-state index in [1.807, 2.05) is 35.8 Å². The smallest absolute Gasteiger partial charge is 0.361 e. The van der Waals surface area contributed by atoms with E-state index in [0.717, 1.165) is 55.7 Å². The summed E-state index contributed by atoms with van der Waals surface area (Å²) in [4.78, 5) is 53.4. The number of benzene rings is 3. The minimum absolute atomic E-state index is 0.256. The maximum atomic E-state index is 14.2. The fraction of sp³-hybridized carbons (Fsp3) is 0.395. The molecule has 0 unspecified atom stereocenters. The molecule has 0 spiro atoms. The summed E-state index contributed by atoms with van der Waals surface area (Å²) in [5.74, 6) is 0.464. The number of carbonyl (C=O) groups excluding carboxylic acids is 3. The molecule has 4 aliphatic rings. The Balaban J connectivity index is 1.23. The van der Waals surface area contributed by atoms with Gasteiger partial charge in [0.2, 0.25) is 0 Å². The first-order valence-electron chi connectivity index (χ1n) is 19.6. The lowest BCUT2D eigenvalue weighted by molar-refractivity contribution is -0.137. The Morgan fingerprint density at radius 2 is 1.32 bits per heavy atom. The lowest BCUT2D eigenvalue weighted by atomic mass is 9.91. The summed E-state index contributed by atoms with van der Waals surface area (Å²) in [6.45, 7) is 4.53. The predicted molar refractivity (Wildman–Crippen MR) is 210 cm³/mol. The number of nitrogens with zero attached hydrogens (tertiary/aromatic N) is 1. The molecule has 296 valence electrons. The Hall–Kier alpha value is -5.70. The van der Waals surface area contributed by atoms with E-state index in [-0.39, 0.29) is 35.3 Å². The molecule has 4 aliphatic heterocycles. The summed E-state index contributed by atoms with van der Waals surface area (Å²) in [6, 6.07) is 11.3. The van der Waals surface area contributed by atoms with Crippen LogP contribution in [0.25, 0.3) is 44.3 Å². The second kappa shape index (κ2) is 15.0. The molecule has 57 heavy (non-hydrogen) atoms. The van der Waals surface area contributed by atoms with E-state index in [9.17, 15) is 19.2 Å². The second-order valence-electron chi connectivity index (χ2n) is 15.1. The van der Waals surface area contributed by atoms with Crippen LogP contribution in [0.15, 0.2) is 51.7 Å². The van der Waals surface area contributed by atoms with Crippen LogP contribution in [0.3, 0.4) is 0 Å². The fourth-order valence-electron chi connectivity index (χ4n) is 8.69. The van der Waals surface area contributed by atoms with E-state index in [1.54, 1.807) is 18.2 Å². The molecule has 0 saturated carbocycles. The van der Waals surface area contributed by atoms with Gasteiger partial charge in [0.15, 0.2) is 23.0 Å². The number of hydrogen-bond donors (Lipinski definition) is 3. The molecule has 3 atom stereocenters. The number of ether oxygens (including phenoxy) is 5. The molecular formula is C43H44N4O10. The number of rotatable bonds is 9. The number of aromatic nitrogens is 1. The number of nitrogens with one attached hydrogen (secondary N) is 3. The van der Waals surface area contributed by atoms with Crippen LogP contribution in [0.2, 0.25) is 0 Å². The van der Waals surface area contributed by atoms with Crippen molar-refractivity contribution in [3.05, 3.63) is 64.0 Å². The summed E-state index contributed by atoms with van der Waals surface area (Å²) >= 11 is 0. The Kier molecular flexibility index (Phi) is 9.71. The summed E-state index contributed by atoms with van der Waals surface area (Å²) in [7, 11) is 3.04. The Bertz CT molecular complexity index is 2500. The van der Waals surface area contributed by atoms with Crippen molar-refractivity contribution in [3.63, 3.8) is 0 Å². The van der Waals surface area contributed by atoms with E-state index in [1.165, 1.54) is 14.2 Å². The first-order valence-corrected chi connectivity index (χ1v) is 19.6. The van der Waals surface area contributed by atoms with Gasteiger partial charge in [-0.2, -0.15) is 0 Å². The summed E-state index contributed by atoms with van der Waals surface area (Å²) < 4.78 is 37.3. The van der Waals surface area contributed by atoms with E-state index in [4.69, 9.17) is 28.1 Å². The van der Waals surface area contributed by atoms with Crippen molar-refractivity contribution in [1.82, 2.24) is 20.5 Å². The molecule has 0 aliphatic carbocycles. The zero-order valence-electron chi connectivity index (χ0n) is 32.1. The maximum Gasteiger partial charge on any atom is 0.361 e. The number of fused-ring (bicyclic) bond motifs is 7. The van der Waals surface area contributed by atoms with Crippen LogP contribution < -0.4 is 45.3 Å². The molecule has 3 N–H and O–H groups in total. The highest BCUT2D eigenvalue weighted by atomic mass is 16.6. The van der Waals surface area contributed by atoms with Gasteiger partial charge in [0.1, 0.15) is 35.0 Å². The predicted octanol–water partition coefficient (Wildman–Crippen LogP) is 4.94. The largest absolute Gasteiger partial charge is 0.493 e. The van der Waals surface area contributed by atoms with E-state index >= 15 is 0 Å². The van der Waals surface area contributed by atoms with Crippen molar-refractivity contribution in [2.75, 3.05) is 33.9 Å². The van der Waals surface area contributed by atoms with Gasteiger partial charge in [-0.05, 0) is 119 Å². The molecule has 2 aromatic heterocycles. The summed E-state index contributed by atoms with van der Waals surface area (Å²) in [5.41, 5.74) is 4.54. The normalized spacial score (nSPS) is 20.0. The summed E-state index contributed by atoms with van der Waals surface area (Å²) in [5, 5.41) is 10.8. The van der Waals surface area contributed by atoms with Crippen molar-refractivity contribution >= 4 is 39.8 Å². The maximum absolute atomic E-state index is 14.2. The van der Waals surface area contributed by atoms with Crippen LogP contribution in [0.5, 0.6) is 28.7 Å². The highest BCUT2D eigenvalue weighted by molar-refractivity contribution is 6.17. The average Bonchev–Trinajstić information content (AvgIpc) is 4.06. The lowest BCUT2D eigenvalue weighted by Crippen LogP contribution is -2.34. The van der Waals surface area contributed by atoms with Crippen molar-refractivity contribution in [1.29, 1.82) is 0 Å². The van der Waals surface area contributed by atoms with Crippen LogP contribution >= 0.6 is 0 Å². The molecule has 3 saturated heterocycles. The monoisotopic (exact) mass is 776 g/mol. The van der Waals surface area contributed by atoms with Crippen molar-refractivity contribution in [2.45, 2.75) is 76.5 Å². The van der Waals surface area contributed by atoms with E-state index < -0.39 is 17.7 Å². The molecule has 0 bridgehead atoms. The molecule has 3 fully saturated rings. The van der Waals surface area contributed by atoms with Crippen LogP contribution in [0, 0.1) is 6.92 Å². The first kappa shape index (κ1) is 36.9. The standard InChI is InChI=1S/C43H44N4O10/c1-22-17-26-32(21-31(22)55-41(49)28-8-5-14-45-28)56-43(51)39-37(26)36(24-10-11-30(33(19-24)52-2)54-40(48)27-7-4-13-44-27)38-25-20-34(53-3)35(18-23(25)12-16-47(38)39)57-42(50)29-9-6-15-46-29/h10-11,17-21,27-29,44-46H,4-9,12-16H2,1-3H3/t27-,28-,29-/m0/s1. The van der Waals surface area contributed by atoms with Crippen molar-refractivity contribution < 1.29 is 42.5 Å². The highest BCUT2D eigenvalue weighted by Gasteiger charge is 2.33. The zero-order chi connectivity index (χ0) is 39.4. The minimum atomic E-state index is -0.560. The van der Waals surface area contributed by atoms with Crippen LogP contribution in [0.1, 0.15) is 49.7 Å². The van der Waals surface area contributed by atoms with Crippen molar-refractivity contribution in [3.8, 4) is 51.1 Å². The van der Waals surface area contributed by atoms with Gasteiger partial charge >= 0.3 is 23.5 Å². The number of aryl methyl sites for hydroxylation is 3. The Morgan fingerprint density at radius 3 is 1.91 bits per heavy atom. The summed E-state index contributed by atoms with van der Waals surface area (Å²) in [6.07, 6.45) is 5.27. The van der Waals surface area contributed by atoms with Gasteiger partial charge in [-0.3, -0.25) is 0 Å². The Labute approximate surface area is 327 Å². The molecule has 14 nitrogen and oxygen atoms in total. The number of esters is 3.